The average molecular weight is 381 g/mol. The summed E-state index contributed by atoms with van der Waals surface area (Å²) < 4.78 is 0. The van der Waals surface area contributed by atoms with E-state index in [0.29, 0.717) is 27.9 Å². The molecule has 0 bridgehead atoms. The first kappa shape index (κ1) is 18.4. The Morgan fingerprint density at radius 2 is 1.85 bits per heavy atom. The standard InChI is InChI=1S/C19H15N3O4S/c1-2-11-21-18(24)17(12-13-3-7-15(8-4-13)22(25)26)27-19(21)20-14-5-9-16(23)10-6-14/h2-10,12,23H,1,11H2/b17-12-,20-19?. The molecule has 0 radical (unpaired) electrons. The van der Waals surface area contributed by atoms with E-state index in [2.05, 4.69) is 11.6 Å². The average Bonchev–Trinajstić information content (AvgIpc) is 2.93. The topological polar surface area (TPSA) is 96.0 Å². The second kappa shape index (κ2) is 7.88. The van der Waals surface area contributed by atoms with Gasteiger partial charge in [-0.15, -0.1) is 6.58 Å². The number of amidine groups is 1. The van der Waals surface area contributed by atoms with Crippen molar-refractivity contribution in [2.24, 2.45) is 4.99 Å². The van der Waals surface area contributed by atoms with Gasteiger partial charge < -0.3 is 5.11 Å². The molecule has 0 saturated carbocycles. The summed E-state index contributed by atoms with van der Waals surface area (Å²) in [5.41, 5.74) is 1.28. The summed E-state index contributed by atoms with van der Waals surface area (Å²) in [6, 6.07) is 12.3. The van der Waals surface area contributed by atoms with Crippen LogP contribution in [0.5, 0.6) is 5.75 Å². The third-order valence-corrected chi connectivity index (χ3v) is 4.68. The van der Waals surface area contributed by atoms with Crippen molar-refractivity contribution in [1.82, 2.24) is 4.90 Å². The lowest BCUT2D eigenvalue weighted by Gasteiger charge is -2.12. The molecule has 1 aliphatic rings. The van der Waals surface area contributed by atoms with Gasteiger partial charge in [0.15, 0.2) is 5.17 Å². The number of aromatic hydroxyl groups is 1. The Balaban J connectivity index is 1.91. The highest BCUT2D eigenvalue weighted by Gasteiger charge is 2.32. The highest BCUT2D eigenvalue weighted by Crippen LogP contribution is 2.34. The summed E-state index contributed by atoms with van der Waals surface area (Å²) in [6.45, 7) is 3.98. The first-order valence-electron chi connectivity index (χ1n) is 7.92. The number of nitrogens with zero attached hydrogens (tertiary/aromatic N) is 3. The van der Waals surface area contributed by atoms with Gasteiger partial charge in [0.05, 0.1) is 15.5 Å². The number of benzene rings is 2. The third kappa shape index (κ3) is 4.24. The van der Waals surface area contributed by atoms with Gasteiger partial charge in [0.2, 0.25) is 0 Å². The minimum absolute atomic E-state index is 0.00887. The molecule has 1 fully saturated rings. The Morgan fingerprint density at radius 1 is 1.19 bits per heavy atom. The van der Waals surface area contributed by atoms with Crippen LogP contribution in [0.3, 0.4) is 0 Å². The molecule has 0 aliphatic carbocycles. The number of carbonyl (C=O) groups excluding carboxylic acids is 1. The molecule has 0 spiro atoms. The number of thioether (sulfide) groups is 1. The Labute approximate surface area is 159 Å². The van der Waals surface area contributed by atoms with E-state index in [0.717, 1.165) is 0 Å². The summed E-state index contributed by atoms with van der Waals surface area (Å²) in [6.07, 6.45) is 3.28. The lowest BCUT2D eigenvalue weighted by Crippen LogP contribution is -2.29. The zero-order valence-corrected chi connectivity index (χ0v) is 14.9. The zero-order valence-electron chi connectivity index (χ0n) is 14.1. The number of phenols is 1. The van der Waals surface area contributed by atoms with Crippen molar-refractivity contribution in [2.75, 3.05) is 6.54 Å². The highest BCUT2D eigenvalue weighted by molar-refractivity contribution is 8.18. The van der Waals surface area contributed by atoms with E-state index >= 15 is 0 Å². The summed E-state index contributed by atoms with van der Waals surface area (Å²) in [5, 5.41) is 20.6. The second-order valence-corrected chi connectivity index (χ2v) is 6.58. The summed E-state index contributed by atoms with van der Waals surface area (Å²) >= 11 is 1.21. The van der Waals surface area contributed by atoms with Gasteiger partial charge in [0.1, 0.15) is 5.75 Å². The SMILES string of the molecule is C=CCN1C(=O)/C(=C/c2ccc([N+](=O)[O-])cc2)SC1=Nc1ccc(O)cc1. The first-order chi connectivity index (χ1) is 13.0. The number of amides is 1. The number of nitro benzene ring substituents is 1. The van der Waals surface area contributed by atoms with Crippen molar-refractivity contribution >= 4 is 40.3 Å². The molecule has 1 saturated heterocycles. The van der Waals surface area contributed by atoms with Crippen LogP contribution in [0.25, 0.3) is 6.08 Å². The number of nitro groups is 1. The van der Waals surface area contributed by atoms with E-state index in [1.54, 1.807) is 36.4 Å². The summed E-state index contributed by atoms with van der Waals surface area (Å²) in [4.78, 5) is 29.4. The molecule has 2 aromatic carbocycles. The van der Waals surface area contributed by atoms with Crippen LogP contribution >= 0.6 is 11.8 Å². The number of carbonyl (C=O) groups is 1. The van der Waals surface area contributed by atoms with Gasteiger partial charge in [-0.05, 0) is 59.8 Å². The molecule has 1 N–H and O–H groups in total. The van der Waals surface area contributed by atoms with Crippen LogP contribution in [-0.4, -0.2) is 32.5 Å². The van der Waals surface area contributed by atoms with Gasteiger partial charge in [-0.2, -0.15) is 0 Å². The second-order valence-electron chi connectivity index (χ2n) is 5.57. The predicted molar refractivity (Wildman–Crippen MR) is 106 cm³/mol. The van der Waals surface area contributed by atoms with Crippen molar-refractivity contribution in [3.63, 3.8) is 0 Å². The highest BCUT2D eigenvalue weighted by atomic mass is 32.2. The smallest absolute Gasteiger partial charge is 0.269 e. The van der Waals surface area contributed by atoms with Crippen molar-refractivity contribution in [1.29, 1.82) is 0 Å². The van der Waals surface area contributed by atoms with Crippen LogP contribution in [0.2, 0.25) is 0 Å². The van der Waals surface area contributed by atoms with E-state index in [1.165, 1.54) is 40.9 Å². The van der Waals surface area contributed by atoms with E-state index in [1.807, 2.05) is 0 Å². The molecule has 1 aliphatic heterocycles. The van der Waals surface area contributed by atoms with Crippen LogP contribution < -0.4 is 0 Å². The molecule has 136 valence electrons. The number of hydrogen-bond donors (Lipinski definition) is 1. The third-order valence-electron chi connectivity index (χ3n) is 3.68. The van der Waals surface area contributed by atoms with Crippen LogP contribution in [0.15, 0.2) is 71.1 Å². The summed E-state index contributed by atoms with van der Waals surface area (Å²) in [7, 11) is 0. The van der Waals surface area contributed by atoms with Crippen LogP contribution in [0.4, 0.5) is 11.4 Å². The fourth-order valence-electron chi connectivity index (χ4n) is 2.36. The largest absolute Gasteiger partial charge is 0.508 e. The zero-order chi connectivity index (χ0) is 19.4. The van der Waals surface area contributed by atoms with Crippen molar-refractivity contribution in [2.45, 2.75) is 0 Å². The molecule has 1 amide bonds. The maximum absolute atomic E-state index is 12.7. The maximum Gasteiger partial charge on any atom is 0.269 e. The van der Waals surface area contributed by atoms with Crippen molar-refractivity contribution in [3.05, 3.63) is 81.8 Å². The lowest BCUT2D eigenvalue weighted by atomic mass is 10.2. The van der Waals surface area contributed by atoms with Crippen molar-refractivity contribution < 1.29 is 14.8 Å². The van der Waals surface area contributed by atoms with Gasteiger partial charge in [-0.3, -0.25) is 19.8 Å². The van der Waals surface area contributed by atoms with E-state index < -0.39 is 4.92 Å². The number of aliphatic imine (C=N–C) groups is 1. The Hall–Kier alpha value is -3.39. The van der Waals surface area contributed by atoms with Crippen LogP contribution in [0.1, 0.15) is 5.56 Å². The minimum Gasteiger partial charge on any atom is -0.508 e. The van der Waals surface area contributed by atoms with Gasteiger partial charge in [0.25, 0.3) is 11.6 Å². The van der Waals surface area contributed by atoms with Gasteiger partial charge in [-0.1, -0.05) is 6.08 Å². The molecule has 27 heavy (non-hydrogen) atoms. The lowest BCUT2D eigenvalue weighted by molar-refractivity contribution is -0.384. The molecule has 8 heteroatoms. The first-order valence-corrected chi connectivity index (χ1v) is 8.74. The van der Waals surface area contributed by atoms with Gasteiger partial charge in [-0.25, -0.2) is 4.99 Å². The summed E-state index contributed by atoms with van der Waals surface area (Å²) in [5.74, 6) is -0.0772. The van der Waals surface area contributed by atoms with Crippen molar-refractivity contribution in [3.8, 4) is 5.75 Å². The fourth-order valence-corrected chi connectivity index (χ4v) is 3.37. The maximum atomic E-state index is 12.7. The number of rotatable bonds is 5. The van der Waals surface area contributed by atoms with E-state index in [4.69, 9.17) is 0 Å². The molecular formula is C19H15N3O4S. The van der Waals surface area contributed by atoms with Gasteiger partial charge >= 0.3 is 0 Å². The van der Waals surface area contributed by atoms with E-state index in [9.17, 15) is 20.0 Å². The molecule has 2 aromatic rings. The number of phenolic OH excluding ortho intramolecular Hbond substituents is 1. The molecule has 3 rings (SSSR count). The van der Waals surface area contributed by atoms with Gasteiger partial charge in [0, 0.05) is 18.7 Å². The Morgan fingerprint density at radius 3 is 2.44 bits per heavy atom. The monoisotopic (exact) mass is 381 g/mol. The minimum atomic E-state index is -0.472. The molecular weight excluding hydrogens is 366 g/mol. The number of hydrogen-bond acceptors (Lipinski definition) is 6. The normalized spacial score (nSPS) is 16.9. The fraction of sp³-hybridized carbons (Fsp3) is 0.0526. The molecule has 0 atom stereocenters. The molecule has 1 heterocycles. The number of non-ortho nitro benzene ring substituents is 1. The van der Waals surface area contributed by atoms with E-state index in [-0.39, 0.29) is 17.3 Å². The Kier molecular flexibility index (Phi) is 5.37. The molecule has 0 unspecified atom stereocenters. The van der Waals surface area contributed by atoms with Crippen LogP contribution in [0, 0.1) is 10.1 Å². The van der Waals surface area contributed by atoms with Crippen LogP contribution in [-0.2, 0) is 4.79 Å². The molecule has 7 nitrogen and oxygen atoms in total. The quantitative estimate of drug-likeness (QED) is 0.364. The Bertz CT molecular complexity index is 950. The predicted octanol–water partition coefficient (Wildman–Crippen LogP) is 4.09. The molecule has 0 aromatic heterocycles.